The molecule has 0 spiro atoms. The summed E-state index contributed by atoms with van der Waals surface area (Å²) in [5.74, 6) is 0.253. The molecule has 0 aliphatic rings. The van der Waals surface area contributed by atoms with Crippen LogP contribution in [0.4, 0.5) is 4.39 Å². The Hall–Kier alpha value is -2.10. The Morgan fingerprint density at radius 2 is 1.85 bits per heavy atom. The zero-order valence-electron chi connectivity index (χ0n) is 11.9. The second-order valence-corrected chi connectivity index (χ2v) is 5.36. The van der Waals surface area contributed by atoms with Gasteiger partial charge in [0, 0.05) is 11.1 Å². The highest BCUT2D eigenvalue weighted by Gasteiger charge is 2.21. The van der Waals surface area contributed by atoms with Crippen LogP contribution in [0.2, 0.25) is 0 Å². The van der Waals surface area contributed by atoms with Gasteiger partial charge in [0.05, 0.1) is 0 Å². The van der Waals surface area contributed by atoms with E-state index in [1.54, 1.807) is 24.3 Å². The van der Waals surface area contributed by atoms with E-state index in [0.717, 1.165) is 12.0 Å². The molecule has 1 amide bonds. The van der Waals surface area contributed by atoms with E-state index in [0.29, 0.717) is 5.76 Å². The van der Waals surface area contributed by atoms with E-state index in [9.17, 15) is 9.18 Å². The van der Waals surface area contributed by atoms with Crippen LogP contribution in [-0.2, 0) is 0 Å². The van der Waals surface area contributed by atoms with Crippen LogP contribution in [0.5, 0.6) is 0 Å². The standard InChI is InChI=1S/C16H18FNO2/c1-4-16(2,3)18-15(19)14-10-9-13(20-14)11-5-7-12(17)8-6-11/h5-10H,4H2,1-3H3,(H,18,19). The average molecular weight is 275 g/mol. The molecule has 0 aliphatic heterocycles. The van der Waals surface area contributed by atoms with Crippen LogP contribution in [0.15, 0.2) is 40.8 Å². The summed E-state index contributed by atoms with van der Waals surface area (Å²) in [4.78, 5) is 12.1. The lowest BCUT2D eigenvalue weighted by atomic mass is 10.0. The van der Waals surface area contributed by atoms with Crippen molar-refractivity contribution in [3.63, 3.8) is 0 Å². The van der Waals surface area contributed by atoms with E-state index in [-0.39, 0.29) is 23.0 Å². The molecule has 0 saturated heterocycles. The molecule has 1 heterocycles. The first-order chi connectivity index (χ1) is 9.41. The van der Waals surface area contributed by atoms with E-state index < -0.39 is 0 Å². The van der Waals surface area contributed by atoms with Gasteiger partial charge in [-0.15, -0.1) is 0 Å². The second-order valence-electron chi connectivity index (χ2n) is 5.36. The summed E-state index contributed by atoms with van der Waals surface area (Å²) in [6.45, 7) is 5.91. The van der Waals surface area contributed by atoms with Crippen molar-refractivity contribution in [2.45, 2.75) is 32.7 Å². The molecule has 1 aromatic carbocycles. The summed E-state index contributed by atoms with van der Waals surface area (Å²) in [7, 11) is 0. The predicted octanol–water partition coefficient (Wildman–Crippen LogP) is 4.00. The molecule has 2 aromatic rings. The molecule has 0 fully saturated rings. The predicted molar refractivity (Wildman–Crippen MR) is 75.9 cm³/mol. The van der Waals surface area contributed by atoms with Crippen molar-refractivity contribution in [2.24, 2.45) is 0 Å². The number of nitrogens with one attached hydrogen (secondary N) is 1. The van der Waals surface area contributed by atoms with E-state index in [1.807, 2.05) is 20.8 Å². The number of amides is 1. The molecular formula is C16H18FNO2. The zero-order valence-corrected chi connectivity index (χ0v) is 11.9. The molecule has 106 valence electrons. The summed E-state index contributed by atoms with van der Waals surface area (Å²) < 4.78 is 18.4. The van der Waals surface area contributed by atoms with Gasteiger partial charge in [-0.2, -0.15) is 0 Å². The third-order valence-electron chi connectivity index (χ3n) is 3.29. The van der Waals surface area contributed by atoms with E-state index >= 15 is 0 Å². The molecule has 1 aromatic heterocycles. The molecule has 1 N–H and O–H groups in total. The quantitative estimate of drug-likeness (QED) is 0.916. The number of hydrogen-bond donors (Lipinski definition) is 1. The maximum atomic E-state index is 12.9. The lowest BCUT2D eigenvalue weighted by Crippen LogP contribution is -2.42. The Morgan fingerprint density at radius 1 is 1.20 bits per heavy atom. The first-order valence-electron chi connectivity index (χ1n) is 6.59. The smallest absolute Gasteiger partial charge is 0.287 e. The number of rotatable bonds is 4. The lowest BCUT2D eigenvalue weighted by molar-refractivity contribution is 0.0883. The van der Waals surface area contributed by atoms with Crippen LogP contribution in [0.25, 0.3) is 11.3 Å². The van der Waals surface area contributed by atoms with Crippen molar-refractivity contribution in [3.05, 3.63) is 48.0 Å². The van der Waals surface area contributed by atoms with Crippen molar-refractivity contribution < 1.29 is 13.6 Å². The number of halogens is 1. The van der Waals surface area contributed by atoms with Crippen LogP contribution in [0.3, 0.4) is 0 Å². The number of furan rings is 1. The summed E-state index contributed by atoms with van der Waals surface area (Å²) in [6.07, 6.45) is 0.824. The SMILES string of the molecule is CCC(C)(C)NC(=O)c1ccc(-c2ccc(F)cc2)o1. The minimum absolute atomic E-state index is 0.245. The highest BCUT2D eigenvalue weighted by atomic mass is 19.1. The van der Waals surface area contributed by atoms with Crippen molar-refractivity contribution in [3.8, 4) is 11.3 Å². The summed E-state index contributed by atoms with van der Waals surface area (Å²) in [5, 5.41) is 2.90. The van der Waals surface area contributed by atoms with E-state index in [4.69, 9.17) is 4.42 Å². The number of hydrogen-bond acceptors (Lipinski definition) is 2. The van der Waals surface area contributed by atoms with Gasteiger partial charge in [0.25, 0.3) is 5.91 Å². The molecule has 4 heteroatoms. The highest BCUT2D eigenvalue weighted by molar-refractivity contribution is 5.92. The van der Waals surface area contributed by atoms with Gasteiger partial charge in [-0.1, -0.05) is 6.92 Å². The van der Waals surface area contributed by atoms with E-state index in [1.165, 1.54) is 12.1 Å². The number of carbonyl (C=O) groups is 1. The Balaban J connectivity index is 2.17. The molecule has 0 aliphatic carbocycles. The molecule has 0 unspecified atom stereocenters. The largest absolute Gasteiger partial charge is 0.451 e. The third kappa shape index (κ3) is 3.26. The molecule has 3 nitrogen and oxygen atoms in total. The Labute approximate surface area is 117 Å². The van der Waals surface area contributed by atoms with Gasteiger partial charge in [0.15, 0.2) is 5.76 Å². The van der Waals surface area contributed by atoms with Crippen molar-refractivity contribution in [2.75, 3.05) is 0 Å². The zero-order chi connectivity index (χ0) is 14.8. The fourth-order valence-corrected chi connectivity index (χ4v) is 1.69. The molecule has 0 bridgehead atoms. The fourth-order valence-electron chi connectivity index (χ4n) is 1.69. The van der Waals surface area contributed by atoms with Crippen LogP contribution in [0, 0.1) is 5.82 Å². The van der Waals surface area contributed by atoms with Gasteiger partial charge < -0.3 is 9.73 Å². The monoisotopic (exact) mass is 275 g/mol. The Bertz CT molecular complexity index is 599. The maximum absolute atomic E-state index is 12.9. The number of benzene rings is 1. The molecule has 0 radical (unpaired) electrons. The van der Waals surface area contributed by atoms with Crippen LogP contribution in [0.1, 0.15) is 37.7 Å². The van der Waals surface area contributed by atoms with Crippen molar-refractivity contribution in [1.29, 1.82) is 0 Å². The first kappa shape index (κ1) is 14.3. The summed E-state index contributed by atoms with van der Waals surface area (Å²) in [5.41, 5.74) is 0.458. The fraction of sp³-hybridized carbons (Fsp3) is 0.312. The molecular weight excluding hydrogens is 257 g/mol. The third-order valence-corrected chi connectivity index (χ3v) is 3.29. The van der Waals surface area contributed by atoms with Crippen LogP contribution >= 0.6 is 0 Å². The van der Waals surface area contributed by atoms with Crippen LogP contribution in [-0.4, -0.2) is 11.4 Å². The average Bonchev–Trinajstić information content (AvgIpc) is 2.89. The van der Waals surface area contributed by atoms with Gasteiger partial charge in [0.1, 0.15) is 11.6 Å². The second kappa shape index (κ2) is 5.49. The van der Waals surface area contributed by atoms with Gasteiger partial charge in [-0.05, 0) is 56.7 Å². The maximum Gasteiger partial charge on any atom is 0.287 e. The minimum atomic E-state index is -0.303. The van der Waals surface area contributed by atoms with Crippen molar-refractivity contribution in [1.82, 2.24) is 5.32 Å². The molecule has 0 atom stereocenters. The summed E-state index contributed by atoms with van der Waals surface area (Å²) in [6, 6.07) is 9.29. The Morgan fingerprint density at radius 3 is 2.45 bits per heavy atom. The minimum Gasteiger partial charge on any atom is -0.451 e. The molecule has 20 heavy (non-hydrogen) atoms. The molecule has 0 saturated carbocycles. The van der Waals surface area contributed by atoms with Gasteiger partial charge in [0.2, 0.25) is 0 Å². The molecule has 2 rings (SSSR count). The normalized spacial score (nSPS) is 11.4. The topological polar surface area (TPSA) is 42.2 Å². The van der Waals surface area contributed by atoms with Crippen LogP contribution < -0.4 is 5.32 Å². The van der Waals surface area contributed by atoms with Gasteiger partial charge >= 0.3 is 0 Å². The highest BCUT2D eigenvalue weighted by Crippen LogP contribution is 2.22. The number of carbonyl (C=O) groups excluding carboxylic acids is 1. The Kier molecular flexibility index (Phi) is 3.93. The summed E-state index contributed by atoms with van der Waals surface area (Å²) >= 11 is 0. The van der Waals surface area contributed by atoms with E-state index in [2.05, 4.69) is 5.32 Å². The first-order valence-corrected chi connectivity index (χ1v) is 6.59. The van der Waals surface area contributed by atoms with Crippen molar-refractivity contribution >= 4 is 5.91 Å². The van der Waals surface area contributed by atoms with Gasteiger partial charge in [-0.25, -0.2) is 4.39 Å². The lowest BCUT2D eigenvalue weighted by Gasteiger charge is -2.23. The van der Waals surface area contributed by atoms with Gasteiger partial charge in [-0.3, -0.25) is 4.79 Å².